The number of aromatic nitrogens is 2. The van der Waals surface area contributed by atoms with Crippen molar-refractivity contribution in [2.24, 2.45) is 0 Å². The summed E-state index contributed by atoms with van der Waals surface area (Å²) in [6.45, 7) is 3.51. The van der Waals surface area contributed by atoms with Crippen LogP contribution in [0.1, 0.15) is 18.9 Å². The number of rotatable bonds is 4. The van der Waals surface area contributed by atoms with E-state index in [9.17, 15) is 10.2 Å². The van der Waals surface area contributed by atoms with Crippen LogP contribution in [0, 0.1) is 0 Å². The lowest BCUT2D eigenvalue weighted by Gasteiger charge is -2.39. The maximum atomic E-state index is 10.0. The number of β-amino-alcohol motifs (C(OH)–C–C–N with tert-alkyl or cyclic N) is 1. The Morgan fingerprint density at radius 1 is 1.29 bits per heavy atom. The number of hydrogen-bond acceptors (Lipinski definition) is 6. The van der Waals surface area contributed by atoms with Crippen molar-refractivity contribution < 1.29 is 14.9 Å². The molecule has 3 rings (SSSR count). The van der Waals surface area contributed by atoms with Gasteiger partial charge in [0.25, 0.3) is 0 Å². The second-order valence-corrected chi connectivity index (χ2v) is 6.47. The molecular weight excluding hydrogens is 306 g/mol. The lowest BCUT2D eigenvalue weighted by atomic mass is 9.90. The van der Waals surface area contributed by atoms with E-state index in [1.54, 1.807) is 26.4 Å². The molecule has 1 saturated heterocycles. The second kappa shape index (κ2) is 6.84. The van der Waals surface area contributed by atoms with Crippen LogP contribution < -0.4 is 4.74 Å². The molecule has 128 valence electrons. The van der Waals surface area contributed by atoms with Gasteiger partial charge in [0.15, 0.2) is 5.82 Å². The molecule has 0 amide bonds. The summed E-state index contributed by atoms with van der Waals surface area (Å²) in [7, 11) is 1.63. The Labute approximate surface area is 141 Å². The third-order valence-corrected chi connectivity index (χ3v) is 4.54. The summed E-state index contributed by atoms with van der Waals surface area (Å²) in [5.74, 6) is 1.37. The zero-order valence-electron chi connectivity index (χ0n) is 14.0. The quantitative estimate of drug-likeness (QED) is 0.884. The molecule has 0 aliphatic carbocycles. The van der Waals surface area contributed by atoms with E-state index < -0.39 is 11.7 Å². The third-order valence-electron chi connectivity index (χ3n) is 4.54. The standard InChI is InChI=1S/C18H23N3O3/c1-18(23)7-8-21(12-16(18)22)11-13-9-19-17(20-10-13)14-5-3-4-6-15(14)24-2/h3-6,9-10,16,22-23H,7-8,11-12H2,1-2H3/t16-,18-/m1/s1. The van der Waals surface area contributed by atoms with Gasteiger partial charge in [-0.25, -0.2) is 9.97 Å². The first kappa shape index (κ1) is 16.8. The second-order valence-electron chi connectivity index (χ2n) is 6.47. The van der Waals surface area contributed by atoms with E-state index in [1.807, 2.05) is 24.3 Å². The predicted octanol–water partition coefficient (Wildman–Crippen LogP) is 1.47. The molecule has 6 nitrogen and oxygen atoms in total. The van der Waals surface area contributed by atoms with E-state index in [-0.39, 0.29) is 0 Å². The predicted molar refractivity (Wildman–Crippen MR) is 90.5 cm³/mol. The fourth-order valence-electron chi connectivity index (χ4n) is 2.89. The summed E-state index contributed by atoms with van der Waals surface area (Å²) in [6, 6.07) is 7.65. The van der Waals surface area contributed by atoms with E-state index in [4.69, 9.17) is 4.74 Å². The molecule has 2 N–H and O–H groups in total. The van der Waals surface area contributed by atoms with Gasteiger partial charge in [-0.05, 0) is 25.5 Å². The minimum atomic E-state index is -0.999. The van der Waals surface area contributed by atoms with Crippen molar-refractivity contribution in [1.29, 1.82) is 0 Å². The molecule has 1 aliphatic heterocycles. The first-order chi connectivity index (χ1) is 11.5. The third kappa shape index (κ3) is 3.56. The number of nitrogens with zero attached hydrogens (tertiary/aromatic N) is 3. The van der Waals surface area contributed by atoms with Crippen LogP contribution in [0.2, 0.25) is 0 Å². The summed E-state index contributed by atoms with van der Waals surface area (Å²) >= 11 is 0. The van der Waals surface area contributed by atoms with Gasteiger partial charge in [0, 0.05) is 37.6 Å². The minimum absolute atomic E-state index is 0.446. The molecule has 1 aromatic carbocycles. The summed E-state index contributed by atoms with van der Waals surface area (Å²) in [4.78, 5) is 11.0. The number of hydrogen-bond donors (Lipinski definition) is 2. The Morgan fingerprint density at radius 3 is 2.67 bits per heavy atom. The highest BCUT2D eigenvalue weighted by Crippen LogP contribution is 2.27. The van der Waals surface area contributed by atoms with Crippen LogP contribution in [0.15, 0.2) is 36.7 Å². The Morgan fingerprint density at radius 2 is 2.00 bits per heavy atom. The number of para-hydroxylation sites is 1. The molecule has 1 aromatic heterocycles. The number of likely N-dealkylation sites (tertiary alicyclic amines) is 1. The van der Waals surface area contributed by atoms with Gasteiger partial charge in [0.2, 0.25) is 0 Å². The van der Waals surface area contributed by atoms with Crippen LogP contribution in [0.5, 0.6) is 5.75 Å². The van der Waals surface area contributed by atoms with Gasteiger partial charge in [-0.2, -0.15) is 0 Å². The molecule has 1 aliphatic rings. The van der Waals surface area contributed by atoms with Crippen molar-refractivity contribution in [3.8, 4) is 17.1 Å². The lowest BCUT2D eigenvalue weighted by molar-refractivity contribution is -0.108. The lowest BCUT2D eigenvalue weighted by Crippen LogP contribution is -2.53. The minimum Gasteiger partial charge on any atom is -0.496 e. The van der Waals surface area contributed by atoms with Crippen molar-refractivity contribution in [1.82, 2.24) is 14.9 Å². The van der Waals surface area contributed by atoms with Crippen molar-refractivity contribution in [2.45, 2.75) is 31.6 Å². The molecule has 0 saturated carbocycles. The van der Waals surface area contributed by atoms with Gasteiger partial charge in [-0.15, -0.1) is 0 Å². The van der Waals surface area contributed by atoms with Crippen molar-refractivity contribution in [3.63, 3.8) is 0 Å². The van der Waals surface area contributed by atoms with Crippen molar-refractivity contribution >= 4 is 0 Å². The smallest absolute Gasteiger partial charge is 0.162 e. The molecule has 1 fully saturated rings. The maximum Gasteiger partial charge on any atom is 0.162 e. The van der Waals surface area contributed by atoms with Crippen LogP contribution in [0.3, 0.4) is 0 Å². The summed E-state index contributed by atoms with van der Waals surface area (Å²) < 4.78 is 5.34. The van der Waals surface area contributed by atoms with E-state index in [1.165, 1.54) is 0 Å². The van der Waals surface area contributed by atoms with E-state index in [0.29, 0.717) is 25.3 Å². The molecule has 0 radical (unpaired) electrons. The Bertz CT molecular complexity index is 688. The van der Waals surface area contributed by atoms with Crippen LogP contribution in [-0.4, -0.2) is 57.0 Å². The van der Waals surface area contributed by atoms with Gasteiger partial charge in [-0.3, -0.25) is 4.90 Å². The van der Waals surface area contributed by atoms with Crippen molar-refractivity contribution in [3.05, 3.63) is 42.2 Å². The van der Waals surface area contributed by atoms with Crippen LogP contribution >= 0.6 is 0 Å². The van der Waals surface area contributed by atoms with Gasteiger partial charge in [0.1, 0.15) is 5.75 Å². The molecule has 0 spiro atoms. The Balaban J connectivity index is 1.69. The first-order valence-electron chi connectivity index (χ1n) is 8.07. The van der Waals surface area contributed by atoms with Gasteiger partial charge in [0.05, 0.1) is 24.4 Å². The number of aliphatic hydroxyl groups excluding tert-OH is 1. The normalized spacial score (nSPS) is 24.8. The summed E-state index contributed by atoms with van der Waals surface area (Å²) in [5.41, 5.74) is 0.833. The number of benzene rings is 1. The van der Waals surface area contributed by atoms with Crippen LogP contribution in [0.4, 0.5) is 0 Å². The molecule has 2 aromatic rings. The monoisotopic (exact) mass is 329 g/mol. The zero-order valence-corrected chi connectivity index (χ0v) is 14.0. The number of piperidine rings is 1. The average molecular weight is 329 g/mol. The Kier molecular flexibility index (Phi) is 4.80. The van der Waals surface area contributed by atoms with Gasteiger partial charge < -0.3 is 14.9 Å². The van der Waals surface area contributed by atoms with Crippen molar-refractivity contribution in [2.75, 3.05) is 20.2 Å². The van der Waals surface area contributed by atoms with Gasteiger partial charge in [-0.1, -0.05) is 12.1 Å². The molecule has 2 heterocycles. The number of ether oxygens (including phenoxy) is 1. The molecule has 24 heavy (non-hydrogen) atoms. The Hall–Kier alpha value is -2.02. The highest BCUT2D eigenvalue weighted by atomic mass is 16.5. The molecule has 0 unspecified atom stereocenters. The molecule has 0 bridgehead atoms. The van der Waals surface area contributed by atoms with E-state index in [2.05, 4.69) is 14.9 Å². The maximum absolute atomic E-state index is 10.0. The number of methoxy groups -OCH3 is 1. The zero-order chi connectivity index (χ0) is 17.2. The van der Waals surface area contributed by atoms with E-state index in [0.717, 1.165) is 23.4 Å². The number of aliphatic hydroxyl groups is 2. The highest BCUT2D eigenvalue weighted by Gasteiger charge is 2.36. The summed E-state index contributed by atoms with van der Waals surface area (Å²) in [6.07, 6.45) is 3.41. The molecular formula is C18H23N3O3. The topological polar surface area (TPSA) is 78.7 Å². The molecule has 6 heteroatoms. The van der Waals surface area contributed by atoms with Crippen LogP contribution in [0.25, 0.3) is 11.4 Å². The first-order valence-corrected chi connectivity index (χ1v) is 8.07. The van der Waals surface area contributed by atoms with Gasteiger partial charge >= 0.3 is 0 Å². The van der Waals surface area contributed by atoms with Crippen LogP contribution in [-0.2, 0) is 6.54 Å². The fourth-order valence-corrected chi connectivity index (χ4v) is 2.89. The SMILES string of the molecule is COc1ccccc1-c1ncc(CN2CC[C@@](C)(O)[C@H](O)C2)cn1. The van der Waals surface area contributed by atoms with E-state index >= 15 is 0 Å². The largest absolute Gasteiger partial charge is 0.496 e. The highest BCUT2D eigenvalue weighted by molar-refractivity contribution is 5.63. The molecule has 2 atom stereocenters. The summed E-state index contributed by atoms with van der Waals surface area (Å²) in [5, 5.41) is 20.0. The fraction of sp³-hybridized carbons (Fsp3) is 0.444. The average Bonchev–Trinajstić information content (AvgIpc) is 2.59.